The van der Waals surface area contributed by atoms with Crippen LogP contribution in [-0.2, 0) is 4.74 Å². The van der Waals surface area contributed by atoms with Gasteiger partial charge in [0.05, 0.1) is 19.3 Å². The lowest BCUT2D eigenvalue weighted by atomic mass is 10.4. The molecule has 0 aliphatic carbocycles. The van der Waals surface area contributed by atoms with Crippen LogP contribution in [0.25, 0.3) is 0 Å². The van der Waals surface area contributed by atoms with E-state index in [1.165, 1.54) is 0 Å². The molecule has 0 heterocycles. The summed E-state index contributed by atoms with van der Waals surface area (Å²) in [7, 11) is 1.55. The molecule has 0 aromatic heterocycles. The van der Waals surface area contributed by atoms with Gasteiger partial charge in [-0.1, -0.05) is 6.92 Å². The van der Waals surface area contributed by atoms with Crippen molar-refractivity contribution in [2.24, 2.45) is 5.10 Å². The van der Waals surface area contributed by atoms with E-state index in [-0.39, 0.29) is 0 Å². The first-order valence-electron chi connectivity index (χ1n) is 3.72. The van der Waals surface area contributed by atoms with E-state index in [0.717, 1.165) is 6.42 Å². The zero-order valence-corrected chi connectivity index (χ0v) is 7.08. The van der Waals surface area contributed by atoms with Crippen LogP contribution in [0.5, 0.6) is 0 Å². The van der Waals surface area contributed by atoms with E-state index in [0.29, 0.717) is 13.2 Å². The van der Waals surface area contributed by atoms with Crippen LogP contribution in [0.2, 0.25) is 0 Å². The fraction of sp³-hybridized carbons (Fsp3) is 0.857. The highest BCUT2D eigenvalue weighted by atomic mass is 16.5. The Labute approximate surface area is 67.3 Å². The lowest BCUT2D eigenvalue weighted by Crippen LogP contribution is -2.26. The highest BCUT2D eigenvalue weighted by molar-refractivity contribution is 5.55. The molecule has 0 saturated heterocycles. The van der Waals surface area contributed by atoms with E-state index in [4.69, 9.17) is 9.84 Å². The monoisotopic (exact) mass is 160 g/mol. The minimum Gasteiger partial charge on any atom is -0.389 e. The molecule has 11 heavy (non-hydrogen) atoms. The Hall–Kier alpha value is -0.610. The minimum absolute atomic E-state index is 0.342. The van der Waals surface area contributed by atoms with Gasteiger partial charge in [0.1, 0.15) is 0 Å². The van der Waals surface area contributed by atoms with Crippen LogP contribution in [-0.4, -0.2) is 37.7 Å². The number of aliphatic hydroxyl groups is 1. The first-order valence-corrected chi connectivity index (χ1v) is 3.72. The van der Waals surface area contributed by atoms with Gasteiger partial charge in [-0.2, -0.15) is 5.10 Å². The molecule has 0 aliphatic rings. The zero-order chi connectivity index (χ0) is 8.53. The van der Waals surface area contributed by atoms with Crippen molar-refractivity contribution in [1.29, 1.82) is 0 Å². The minimum atomic E-state index is -0.478. The third-order valence-corrected chi connectivity index (χ3v) is 1.05. The molecule has 2 N–H and O–H groups in total. The highest BCUT2D eigenvalue weighted by Gasteiger charge is 1.99. The first-order chi connectivity index (χ1) is 5.31. The smallest absolute Gasteiger partial charge is 0.0962 e. The Bertz CT molecular complexity index is 107. The summed E-state index contributed by atoms with van der Waals surface area (Å²) in [6.45, 7) is 2.77. The Morgan fingerprint density at radius 2 is 2.45 bits per heavy atom. The average molecular weight is 160 g/mol. The van der Waals surface area contributed by atoms with E-state index < -0.39 is 6.10 Å². The van der Waals surface area contributed by atoms with Crippen LogP contribution in [0.15, 0.2) is 5.10 Å². The molecular formula is C7H16N2O2. The molecule has 4 heteroatoms. The molecule has 0 rings (SSSR count). The molecular weight excluding hydrogens is 144 g/mol. The van der Waals surface area contributed by atoms with Crippen LogP contribution >= 0.6 is 0 Å². The molecule has 0 fully saturated rings. The molecule has 0 radical (unpaired) electrons. The zero-order valence-electron chi connectivity index (χ0n) is 7.08. The van der Waals surface area contributed by atoms with Crippen molar-refractivity contribution in [3.63, 3.8) is 0 Å². The Kier molecular flexibility index (Phi) is 7.08. The topological polar surface area (TPSA) is 53.9 Å². The normalized spacial score (nSPS) is 13.7. The maximum Gasteiger partial charge on any atom is 0.0962 e. The quantitative estimate of drug-likeness (QED) is 0.424. The van der Waals surface area contributed by atoms with Crippen molar-refractivity contribution >= 4 is 6.21 Å². The van der Waals surface area contributed by atoms with Crippen molar-refractivity contribution in [3.05, 3.63) is 0 Å². The van der Waals surface area contributed by atoms with Gasteiger partial charge in [0, 0.05) is 13.3 Å². The predicted octanol–water partition coefficient (Wildman–Crippen LogP) is -0.0209. The first kappa shape index (κ1) is 10.4. The number of methoxy groups -OCH3 is 1. The fourth-order valence-corrected chi connectivity index (χ4v) is 0.565. The van der Waals surface area contributed by atoms with E-state index in [1.807, 2.05) is 6.92 Å². The van der Waals surface area contributed by atoms with Crippen molar-refractivity contribution < 1.29 is 9.84 Å². The summed E-state index contributed by atoms with van der Waals surface area (Å²) >= 11 is 0. The number of nitrogens with zero attached hydrogens (tertiary/aromatic N) is 1. The molecule has 0 unspecified atom stereocenters. The molecule has 0 bridgehead atoms. The summed E-state index contributed by atoms with van der Waals surface area (Å²) in [6, 6.07) is 0. The van der Waals surface area contributed by atoms with Crippen LogP contribution < -0.4 is 5.43 Å². The maximum absolute atomic E-state index is 9.09. The number of rotatable bonds is 6. The van der Waals surface area contributed by atoms with Gasteiger partial charge in [-0.25, -0.2) is 0 Å². The largest absolute Gasteiger partial charge is 0.389 e. The lowest BCUT2D eigenvalue weighted by Gasteiger charge is -2.07. The van der Waals surface area contributed by atoms with Gasteiger partial charge in [0.25, 0.3) is 0 Å². The van der Waals surface area contributed by atoms with E-state index in [1.54, 1.807) is 13.3 Å². The maximum atomic E-state index is 9.09. The molecule has 0 spiro atoms. The van der Waals surface area contributed by atoms with Crippen molar-refractivity contribution in [1.82, 2.24) is 5.43 Å². The number of ether oxygens (including phenoxy) is 1. The lowest BCUT2D eigenvalue weighted by molar-refractivity contribution is 0.0649. The van der Waals surface area contributed by atoms with Gasteiger partial charge in [-0.15, -0.1) is 0 Å². The summed E-state index contributed by atoms with van der Waals surface area (Å²) < 4.78 is 4.72. The second-order valence-electron chi connectivity index (χ2n) is 2.19. The number of hydrazone groups is 1. The van der Waals surface area contributed by atoms with E-state index in [2.05, 4.69) is 10.5 Å². The summed E-state index contributed by atoms with van der Waals surface area (Å²) in [4.78, 5) is 0. The van der Waals surface area contributed by atoms with Gasteiger partial charge in [0.2, 0.25) is 0 Å². The number of hydrogen-bond donors (Lipinski definition) is 2. The number of nitrogens with one attached hydrogen (secondary N) is 1. The second-order valence-corrected chi connectivity index (χ2v) is 2.19. The van der Waals surface area contributed by atoms with Crippen LogP contribution in [0.1, 0.15) is 13.3 Å². The van der Waals surface area contributed by atoms with E-state index >= 15 is 0 Å². The predicted molar refractivity (Wildman–Crippen MR) is 44.7 cm³/mol. The van der Waals surface area contributed by atoms with Gasteiger partial charge in [0.15, 0.2) is 0 Å². The summed E-state index contributed by atoms with van der Waals surface area (Å²) in [5.41, 5.74) is 2.71. The van der Waals surface area contributed by atoms with Gasteiger partial charge >= 0.3 is 0 Å². The average Bonchev–Trinajstić information content (AvgIpc) is 1.99. The summed E-state index contributed by atoms with van der Waals surface area (Å²) in [5.74, 6) is 0. The summed E-state index contributed by atoms with van der Waals surface area (Å²) in [6.07, 6.45) is 2.17. The van der Waals surface area contributed by atoms with Crippen LogP contribution in [0.4, 0.5) is 0 Å². The third kappa shape index (κ3) is 7.29. The van der Waals surface area contributed by atoms with Gasteiger partial charge in [-0.3, -0.25) is 0 Å². The number of hydrogen-bond acceptors (Lipinski definition) is 4. The van der Waals surface area contributed by atoms with Crippen molar-refractivity contribution in [3.8, 4) is 0 Å². The molecule has 0 aliphatic heterocycles. The van der Waals surface area contributed by atoms with Crippen LogP contribution in [0.3, 0.4) is 0 Å². The van der Waals surface area contributed by atoms with E-state index in [9.17, 15) is 0 Å². The molecule has 66 valence electrons. The van der Waals surface area contributed by atoms with Gasteiger partial charge in [-0.05, 0) is 6.42 Å². The highest BCUT2D eigenvalue weighted by Crippen LogP contribution is 1.80. The Morgan fingerprint density at radius 3 is 3.00 bits per heavy atom. The second kappa shape index (κ2) is 7.50. The molecule has 0 aromatic rings. The SMILES string of the molecule is CC/C=N\NC[C@@H](O)COC. The van der Waals surface area contributed by atoms with Crippen molar-refractivity contribution in [2.75, 3.05) is 20.3 Å². The molecule has 4 nitrogen and oxygen atoms in total. The Balaban J connectivity index is 3.16. The summed E-state index contributed by atoms with van der Waals surface area (Å²) in [5, 5.41) is 12.9. The molecule has 1 atom stereocenters. The standard InChI is InChI=1S/C7H16N2O2/c1-3-4-8-9-5-7(10)6-11-2/h4,7,9-10H,3,5-6H2,1-2H3/b8-4-/t7-/m1/s1. The molecule has 0 aromatic carbocycles. The molecule has 0 amide bonds. The Morgan fingerprint density at radius 1 is 1.73 bits per heavy atom. The fourth-order valence-electron chi connectivity index (χ4n) is 0.565. The third-order valence-electron chi connectivity index (χ3n) is 1.05. The van der Waals surface area contributed by atoms with Crippen LogP contribution in [0, 0.1) is 0 Å². The van der Waals surface area contributed by atoms with Gasteiger partial charge < -0.3 is 15.3 Å². The molecule has 0 saturated carbocycles. The number of aliphatic hydroxyl groups excluding tert-OH is 1. The van der Waals surface area contributed by atoms with Crippen molar-refractivity contribution in [2.45, 2.75) is 19.4 Å².